The van der Waals surface area contributed by atoms with Gasteiger partial charge >= 0.3 is 0 Å². The third-order valence-corrected chi connectivity index (χ3v) is 9.56. The van der Waals surface area contributed by atoms with Crippen LogP contribution in [0.15, 0.2) is 18.5 Å². The second kappa shape index (κ2) is 12.6. The Morgan fingerprint density at radius 2 is 0.944 bits per heavy atom. The zero-order valence-corrected chi connectivity index (χ0v) is 22.3. The van der Waals surface area contributed by atoms with E-state index in [0.717, 1.165) is 88.4 Å². The van der Waals surface area contributed by atoms with Crippen LogP contribution in [0.25, 0.3) is 0 Å². The summed E-state index contributed by atoms with van der Waals surface area (Å²) < 4.78 is 0. The first-order chi connectivity index (χ1) is 17.7. The number of aromatic nitrogens is 1. The van der Waals surface area contributed by atoms with Crippen molar-refractivity contribution in [2.45, 2.75) is 141 Å². The Hall–Kier alpha value is -1.91. The van der Waals surface area contributed by atoms with Gasteiger partial charge in [0, 0.05) is 30.1 Å². The Bertz CT molecular complexity index is 791. The van der Waals surface area contributed by atoms with Crippen LogP contribution in [-0.4, -0.2) is 28.9 Å². The highest BCUT2D eigenvalue weighted by Gasteiger charge is 2.38. The van der Waals surface area contributed by atoms with Crippen molar-refractivity contribution in [2.24, 2.45) is 11.8 Å². The molecule has 0 aliphatic heterocycles. The summed E-state index contributed by atoms with van der Waals surface area (Å²) in [6.07, 6.45) is 26.4. The van der Waals surface area contributed by atoms with Crippen LogP contribution in [0.4, 0.5) is 11.4 Å². The van der Waals surface area contributed by atoms with Crippen LogP contribution in [0.3, 0.4) is 0 Å². The van der Waals surface area contributed by atoms with Gasteiger partial charge in [-0.05, 0) is 57.4 Å². The van der Waals surface area contributed by atoms with E-state index in [2.05, 4.69) is 20.9 Å². The Balaban J connectivity index is 1.53. The Morgan fingerprint density at radius 1 is 0.556 bits per heavy atom. The fourth-order valence-corrected chi connectivity index (χ4v) is 7.53. The molecule has 0 atom stereocenters. The minimum Gasteiger partial charge on any atom is -0.307 e. The predicted molar refractivity (Wildman–Crippen MR) is 146 cm³/mol. The fourth-order valence-electron chi connectivity index (χ4n) is 7.53. The van der Waals surface area contributed by atoms with Crippen LogP contribution in [0.2, 0.25) is 0 Å². The molecule has 1 aromatic rings. The van der Waals surface area contributed by atoms with E-state index in [9.17, 15) is 9.59 Å². The maximum atomic E-state index is 14.2. The van der Waals surface area contributed by atoms with Gasteiger partial charge in [-0.2, -0.15) is 0 Å². The Kier molecular flexibility index (Phi) is 8.97. The van der Waals surface area contributed by atoms with Crippen molar-refractivity contribution in [1.29, 1.82) is 0 Å². The molecule has 5 heteroatoms. The van der Waals surface area contributed by atoms with Gasteiger partial charge in [-0.15, -0.1) is 0 Å². The normalized spacial score (nSPS) is 23.3. The lowest BCUT2D eigenvalue weighted by Gasteiger charge is -2.42. The smallest absolute Gasteiger partial charge is 0.230 e. The van der Waals surface area contributed by atoms with Gasteiger partial charge in [0.1, 0.15) is 0 Å². The molecule has 0 saturated heterocycles. The molecule has 0 N–H and O–H groups in total. The topological polar surface area (TPSA) is 53.5 Å². The average molecular weight is 494 g/mol. The lowest BCUT2D eigenvalue weighted by Crippen LogP contribution is -2.49. The summed E-state index contributed by atoms with van der Waals surface area (Å²) in [5.41, 5.74) is 1.87. The van der Waals surface area contributed by atoms with Gasteiger partial charge in [0.25, 0.3) is 0 Å². The first-order valence-corrected chi connectivity index (χ1v) is 15.3. The second-order valence-corrected chi connectivity index (χ2v) is 12.0. The van der Waals surface area contributed by atoms with Gasteiger partial charge in [-0.3, -0.25) is 14.6 Å². The highest BCUT2D eigenvalue weighted by atomic mass is 16.2. The zero-order chi connectivity index (χ0) is 24.7. The molecule has 0 aromatic carbocycles. The molecule has 2 amide bonds. The van der Waals surface area contributed by atoms with Crippen LogP contribution < -0.4 is 9.80 Å². The number of hydrogen-bond acceptors (Lipinski definition) is 3. The van der Waals surface area contributed by atoms with Gasteiger partial charge in [0.05, 0.1) is 17.6 Å². The highest BCUT2D eigenvalue weighted by molar-refractivity contribution is 6.04. The molecule has 0 spiro atoms. The molecular formula is C31H47N3O2. The molecule has 4 fully saturated rings. The standard InChI is InChI=1S/C31H47N3O2/c35-30(24-13-5-1-6-14-24)33(26-17-9-3-10-18-26)28-21-22-32-23-29(28)34(27-19-11-4-12-20-27)31(36)25-15-7-2-8-16-25/h21-27H,1-20H2. The number of carbonyl (C=O) groups excluding carboxylic acids is 2. The van der Waals surface area contributed by atoms with Crippen molar-refractivity contribution in [3.63, 3.8) is 0 Å². The molecule has 4 aliphatic carbocycles. The van der Waals surface area contributed by atoms with Crippen molar-refractivity contribution >= 4 is 23.2 Å². The van der Waals surface area contributed by atoms with E-state index >= 15 is 0 Å². The summed E-state index contributed by atoms with van der Waals surface area (Å²) in [4.78, 5) is 37.3. The molecule has 0 bridgehead atoms. The summed E-state index contributed by atoms with van der Waals surface area (Å²) in [5, 5.41) is 0. The monoisotopic (exact) mass is 493 g/mol. The second-order valence-electron chi connectivity index (χ2n) is 12.0. The largest absolute Gasteiger partial charge is 0.307 e. The number of nitrogens with zero attached hydrogens (tertiary/aromatic N) is 3. The van der Waals surface area contributed by atoms with Crippen molar-refractivity contribution < 1.29 is 9.59 Å². The summed E-state index contributed by atoms with van der Waals surface area (Å²) >= 11 is 0. The number of pyridine rings is 1. The van der Waals surface area contributed by atoms with E-state index in [0.29, 0.717) is 11.8 Å². The summed E-state index contributed by atoms with van der Waals surface area (Å²) in [7, 11) is 0. The van der Waals surface area contributed by atoms with E-state index < -0.39 is 0 Å². The zero-order valence-electron chi connectivity index (χ0n) is 22.3. The van der Waals surface area contributed by atoms with Crippen molar-refractivity contribution in [2.75, 3.05) is 9.80 Å². The summed E-state index contributed by atoms with van der Waals surface area (Å²) in [5.74, 6) is 0.845. The molecule has 1 heterocycles. The van der Waals surface area contributed by atoms with E-state index in [4.69, 9.17) is 0 Å². The fraction of sp³-hybridized carbons (Fsp3) is 0.774. The molecule has 4 saturated carbocycles. The van der Waals surface area contributed by atoms with Gasteiger partial charge < -0.3 is 9.80 Å². The number of amides is 2. The number of hydrogen-bond donors (Lipinski definition) is 0. The first-order valence-electron chi connectivity index (χ1n) is 15.3. The van der Waals surface area contributed by atoms with Gasteiger partial charge in [0.2, 0.25) is 11.8 Å². The SMILES string of the molecule is O=C(C1CCCCC1)N(c1ccncc1N(C(=O)C1CCCCC1)C1CCCCC1)C1CCCCC1. The van der Waals surface area contributed by atoms with Crippen LogP contribution >= 0.6 is 0 Å². The average Bonchev–Trinajstić information content (AvgIpc) is 2.96. The minimum atomic E-state index is 0.117. The summed E-state index contributed by atoms with van der Waals surface area (Å²) in [6, 6.07) is 2.52. The first kappa shape index (κ1) is 25.7. The van der Waals surface area contributed by atoms with Gasteiger partial charge in [-0.25, -0.2) is 0 Å². The lowest BCUT2D eigenvalue weighted by molar-refractivity contribution is -0.125. The molecule has 198 valence electrons. The molecule has 36 heavy (non-hydrogen) atoms. The predicted octanol–water partition coefficient (Wildman–Crippen LogP) is 7.57. The Labute approximate surface area is 218 Å². The third kappa shape index (κ3) is 5.81. The number of carbonyl (C=O) groups is 2. The van der Waals surface area contributed by atoms with Crippen molar-refractivity contribution in [3.05, 3.63) is 18.5 Å². The third-order valence-electron chi connectivity index (χ3n) is 9.56. The van der Waals surface area contributed by atoms with Crippen LogP contribution in [0.1, 0.15) is 128 Å². The molecule has 1 aromatic heterocycles. The van der Waals surface area contributed by atoms with E-state index in [-0.39, 0.29) is 23.9 Å². The van der Waals surface area contributed by atoms with Gasteiger partial charge in [0.15, 0.2) is 0 Å². The molecule has 5 nitrogen and oxygen atoms in total. The maximum Gasteiger partial charge on any atom is 0.230 e. The number of anilines is 2. The lowest BCUT2D eigenvalue weighted by atomic mass is 9.85. The molecule has 0 radical (unpaired) electrons. The summed E-state index contributed by atoms with van der Waals surface area (Å²) in [6.45, 7) is 0. The van der Waals surface area contributed by atoms with E-state index in [1.54, 1.807) is 0 Å². The maximum absolute atomic E-state index is 14.2. The van der Waals surface area contributed by atoms with E-state index in [1.807, 2.05) is 12.4 Å². The van der Waals surface area contributed by atoms with Crippen LogP contribution in [0, 0.1) is 11.8 Å². The molecular weight excluding hydrogens is 446 g/mol. The van der Waals surface area contributed by atoms with Gasteiger partial charge in [-0.1, -0.05) is 77.0 Å². The molecule has 5 rings (SSSR count). The minimum absolute atomic E-state index is 0.117. The molecule has 4 aliphatic rings. The number of rotatable bonds is 6. The quantitative estimate of drug-likeness (QED) is 0.410. The highest BCUT2D eigenvalue weighted by Crippen LogP contribution is 2.41. The van der Waals surface area contributed by atoms with Crippen LogP contribution in [0.5, 0.6) is 0 Å². The molecule has 0 unspecified atom stereocenters. The van der Waals surface area contributed by atoms with Crippen molar-refractivity contribution in [1.82, 2.24) is 4.98 Å². The van der Waals surface area contributed by atoms with Crippen molar-refractivity contribution in [3.8, 4) is 0 Å². The van der Waals surface area contributed by atoms with Crippen LogP contribution in [-0.2, 0) is 9.59 Å². The Morgan fingerprint density at radius 3 is 1.39 bits per heavy atom. The van der Waals surface area contributed by atoms with E-state index in [1.165, 1.54) is 51.4 Å².